The highest BCUT2D eigenvalue weighted by Crippen LogP contribution is 2.24. The molecule has 0 aromatic carbocycles. The van der Waals surface area contributed by atoms with Gasteiger partial charge in [0.2, 0.25) is 5.91 Å². The number of hydrogen-bond acceptors (Lipinski definition) is 3. The lowest BCUT2D eigenvalue weighted by molar-refractivity contribution is -0.143. The van der Waals surface area contributed by atoms with E-state index >= 15 is 0 Å². The SMILES string of the molecule is CC(C)CNC(=O)CCNC1CCCC(C(=O)O)C1. The van der Waals surface area contributed by atoms with Crippen LogP contribution in [-0.2, 0) is 9.59 Å². The molecule has 1 saturated carbocycles. The second kappa shape index (κ2) is 8.15. The molecular weight excluding hydrogens is 244 g/mol. The lowest BCUT2D eigenvalue weighted by Crippen LogP contribution is -2.38. The minimum Gasteiger partial charge on any atom is -0.481 e. The van der Waals surface area contributed by atoms with E-state index in [9.17, 15) is 9.59 Å². The van der Waals surface area contributed by atoms with Gasteiger partial charge in [0.05, 0.1) is 5.92 Å². The molecule has 0 heterocycles. The second-order valence-electron chi connectivity index (χ2n) is 5.80. The van der Waals surface area contributed by atoms with Crippen molar-refractivity contribution >= 4 is 11.9 Å². The molecule has 1 aliphatic rings. The van der Waals surface area contributed by atoms with Crippen LogP contribution in [0.1, 0.15) is 46.0 Å². The quantitative estimate of drug-likeness (QED) is 0.653. The highest BCUT2D eigenvalue weighted by atomic mass is 16.4. The third kappa shape index (κ3) is 6.57. The number of amides is 1. The number of aliphatic carboxylic acids is 1. The van der Waals surface area contributed by atoms with Crippen LogP contribution in [-0.4, -0.2) is 36.1 Å². The van der Waals surface area contributed by atoms with Crippen molar-refractivity contribution in [2.24, 2.45) is 11.8 Å². The van der Waals surface area contributed by atoms with Gasteiger partial charge in [-0.2, -0.15) is 0 Å². The number of nitrogens with one attached hydrogen (secondary N) is 2. The maximum Gasteiger partial charge on any atom is 0.306 e. The van der Waals surface area contributed by atoms with Crippen molar-refractivity contribution in [2.45, 2.75) is 52.0 Å². The van der Waals surface area contributed by atoms with Crippen molar-refractivity contribution < 1.29 is 14.7 Å². The first-order valence-corrected chi connectivity index (χ1v) is 7.22. The average Bonchev–Trinajstić information content (AvgIpc) is 2.36. The summed E-state index contributed by atoms with van der Waals surface area (Å²) in [6.45, 7) is 5.46. The van der Waals surface area contributed by atoms with Crippen molar-refractivity contribution in [2.75, 3.05) is 13.1 Å². The first kappa shape index (κ1) is 16.0. The summed E-state index contributed by atoms with van der Waals surface area (Å²) in [6.07, 6.45) is 3.89. The van der Waals surface area contributed by atoms with Gasteiger partial charge in [0, 0.05) is 25.6 Å². The standard InChI is InChI=1S/C14H26N2O3/c1-10(2)9-16-13(17)6-7-15-12-5-3-4-11(8-12)14(18)19/h10-12,15H,3-9H2,1-2H3,(H,16,17)(H,18,19). The number of carbonyl (C=O) groups excluding carboxylic acids is 1. The van der Waals surface area contributed by atoms with Crippen LogP contribution in [0.25, 0.3) is 0 Å². The van der Waals surface area contributed by atoms with Crippen molar-refractivity contribution in [3.63, 3.8) is 0 Å². The molecule has 0 aromatic rings. The maximum absolute atomic E-state index is 11.5. The fourth-order valence-corrected chi connectivity index (χ4v) is 2.40. The Morgan fingerprint density at radius 2 is 2.05 bits per heavy atom. The van der Waals surface area contributed by atoms with Crippen molar-refractivity contribution in [3.8, 4) is 0 Å². The zero-order valence-corrected chi connectivity index (χ0v) is 11.9. The van der Waals surface area contributed by atoms with Crippen LogP contribution in [0.3, 0.4) is 0 Å². The lowest BCUT2D eigenvalue weighted by Gasteiger charge is -2.27. The molecule has 1 rings (SSSR count). The summed E-state index contributed by atoms with van der Waals surface area (Å²) in [5.74, 6) is -0.388. The molecule has 110 valence electrons. The average molecular weight is 270 g/mol. The van der Waals surface area contributed by atoms with E-state index in [1.54, 1.807) is 0 Å². The minimum absolute atomic E-state index is 0.0618. The van der Waals surface area contributed by atoms with Gasteiger partial charge in [-0.1, -0.05) is 20.3 Å². The van der Waals surface area contributed by atoms with E-state index in [2.05, 4.69) is 24.5 Å². The molecule has 5 heteroatoms. The highest BCUT2D eigenvalue weighted by Gasteiger charge is 2.26. The summed E-state index contributed by atoms with van der Waals surface area (Å²) >= 11 is 0. The molecule has 0 aromatic heterocycles. The molecule has 0 spiro atoms. The Labute approximate surface area is 115 Å². The molecule has 0 radical (unpaired) electrons. The van der Waals surface area contributed by atoms with E-state index in [-0.39, 0.29) is 17.9 Å². The molecule has 19 heavy (non-hydrogen) atoms. The van der Waals surface area contributed by atoms with Crippen LogP contribution in [0, 0.1) is 11.8 Å². The molecule has 3 N–H and O–H groups in total. The maximum atomic E-state index is 11.5. The van der Waals surface area contributed by atoms with E-state index in [0.717, 1.165) is 19.3 Å². The number of rotatable bonds is 7. The van der Waals surface area contributed by atoms with Crippen molar-refractivity contribution in [1.29, 1.82) is 0 Å². The molecule has 0 bridgehead atoms. The Morgan fingerprint density at radius 3 is 2.68 bits per heavy atom. The van der Waals surface area contributed by atoms with Gasteiger partial charge in [-0.3, -0.25) is 9.59 Å². The zero-order valence-electron chi connectivity index (χ0n) is 11.9. The third-order valence-electron chi connectivity index (χ3n) is 3.52. The summed E-state index contributed by atoms with van der Waals surface area (Å²) in [7, 11) is 0. The van der Waals surface area contributed by atoms with E-state index in [4.69, 9.17) is 5.11 Å². The van der Waals surface area contributed by atoms with E-state index < -0.39 is 5.97 Å². The smallest absolute Gasteiger partial charge is 0.306 e. The number of carbonyl (C=O) groups is 2. The number of hydrogen-bond donors (Lipinski definition) is 3. The Kier molecular flexibility index (Phi) is 6.84. The normalized spacial score (nSPS) is 23.3. The predicted octanol–water partition coefficient (Wildman–Crippen LogP) is 1.38. The van der Waals surface area contributed by atoms with Crippen LogP contribution in [0.2, 0.25) is 0 Å². The minimum atomic E-state index is -0.693. The monoisotopic (exact) mass is 270 g/mol. The first-order valence-electron chi connectivity index (χ1n) is 7.22. The summed E-state index contributed by atoms with van der Waals surface area (Å²) < 4.78 is 0. The number of carboxylic acids is 1. The Morgan fingerprint density at radius 1 is 1.32 bits per heavy atom. The van der Waals surface area contributed by atoms with Crippen LogP contribution < -0.4 is 10.6 Å². The second-order valence-corrected chi connectivity index (χ2v) is 5.80. The van der Waals surface area contributed by atoms with Crippen LogP contribution >= 0.6 is 0 Å². The van der Waals surface area contributed by atoms with Gasteiger partial charge >= 0.3 is 5.97 Å². The Balaban J connectivity index is 2.15. The highest BCUT2D eigenvalue weighted by molar-refractivity contribution is 5.76. The molecular formula is C14H26N2O3. The molecule has 0 aliphatic heterocycles. The molecule has 1 fully saturated rings. The Hall–Kier alpha value is -1.10. The van der Waals surface area contributed by atoms with Crippen molar-refractivity contribution in [3.05, 3.63) is 0 Å². The van der Waals surface area contributed by atoms with Crippen LogP contribution in [0.5, 0.6) is 0 Å². The molecule has 1 amide bonds. The number of carboxylic acid groups (broad SMARTS) is 1. The predicted molar refractivity (Wildman–Crippen MR) is 73.8 cm³/mol. The van der Waals surface area contributed by atoms with Gasteiger partial charge in [-0.05, 0) is 25.2 Å². The van der Waals surface area contributed by atoms with Crippen LogP contribution in [0.15, 0.2) is 0 Å². The molecule has 1 aliphatic carbocycles. The summed E-state index contributed by atoms with van der Waals surface area (Å²) in [5.41, 5.74) is 0. The van der Waals surface area contributed by atoms with Gasteiger partial charge in [0.1, 0.15) is 0 Å². The third-order valence-corrected chi connectivity index (χ3v) is 3.52. The molecule has 5 nitrogen and oxygen atoms in total. The topological polar surface area (TPSA) is 78.4 Å². The van der Waals surface area contributed by atoms with E-state index in [1.165, 1.54) is 0 Å². The van der Waals surface area contributed by atoms with E-state index in [1.807, 2.05) is 0 Å². The molecule has 0 saturated heterocycles. The van der Waals surface area contributed by atoms with Crippen molar-refractivity contribution in [1.82, 2.24) is 10.6 Å². The van der Waals surface area contributed by atoms with Gasteiger partial charge < -0.3 is 15.7 Å². The Bertz CT molecular complexity index is 305. The lowest BCUT2D eigenvalue weighted by atomic mass is 9.86. The van der Waals surface area contributed by atoms with Gasteiger partial charge in [0.25, 0.3) is 0 Å². The largest absolute Gasteiger partial charge is 0.481 e. The summed E-state index contributed by atoms with van der Waals surface area (Å²) in [5, 5.41) is 15.2. The van der Waals surface area contributed by atoms with Gasteiger partial charge in [0.15, 0.2) is 0 Å². The fourth-order valence-electron chi connectivity index (χ4n) is 2.40. The molecule has 2 unspecified atom stereocenters. The zero-order chi connectivity index (χ0) is 14.3. The van der Waals surface area contributed by atoms with Crippen LogP contribution in [0.4, 0.5) is 0 Å². The summed E-state index contributed by atoms with van der Waals surface area (Å²) in [4.78, 5) is 22.5. The molecule has 2 atom stereocenters. The fraction of sp³-hybridized carbons (Fsp3) is 0.857. The van der Waals surface area contributed by atoms with Gasteiger partial charge in [-0.15, -0.1) is 0 Å². The first-order chi connectivity index (χ1) is 8.99. The van der Waals surface area contributed by atoms with Gasteiger partial charge in [-0.25, -0.2) is 0 Å². The summed E-state index contributed by atoms with van der Waals surface area (Å²) in [6, 6.07) is 0.243. The van der Waals surface area contributed by atoms with E-state index in [0.29, 0.717) is 31.8 Å².